The fourth-order valence-corrected chi connectivity index (χ4v) is 2.53. The van der Waals surface area contributed by atoms with Crippen molar-refractivity contribution in [2.75, 3.05) is 20.3 Å². The van der Waals surface area contributed by atoms with Gasteiger partial charge in [-0.3, -0.25) is 0 Å². The van der Waals surface area contributed by atoms with Crippen LogP contribution in [-0.4, -0.2) is 38.6 Å². The molecule has 0 atom stereocenters. The lowest BCUT2D eigenvalue weighted by Gasteiger charge is -2.09. The van der Waals surface area contributed by atoms with E-state index >= 15 is 0 Å². The summed E-state index contributed by atoms with van der Waals surface area (Å²) in [6.07, 6.45) is -1.20. The Labute approximate surface area is 181 Å². The largest absolute Gasteiger partial charge is 0.453 e. The van der Waals surface area contributed by atoms with Crippen molar-refractivity contribution in [1.82, 2.24) is 16.0 Å². The maximum Gasteiger partial charge on any atom is 0.407 e. The molecule has 0 saturated heterocycles. The normalized spacial score (nSPS) is 9.97. The SMILES string of the molecule is COC(=O)NCc1cccc(CNC(=O)OCCCOC(=O)NCc2ccccc2)c1. The Hall–Kier alpha value is -3.75. The maximum atomic E-state index is 11.8. The van der Waals surface area contributed by atoms with Crippen LogP contribution in [0.3, 0.4) is 0 Å². The number of carbonyl (C=O) groups excluding carboxylic acids is 3. The quantitative estimate of drug-likeness (QED) is 0.395. The number of ether oxygens (including phenoxy) is 3. The second-order valence-electron chi connectivity index (χ2n) is 6.48. The molecule has 2 aromatic carbocycles. The van der Waals surface area contributed by atoms with E-state index in [1.807, 2.05) is 54.6 Å². The zero-order chi connectivity index (χ0) is 22.3. The number of carbonyl (C=O) groups is 3. The summed E-state index contributed by atoms with van der Waals surface area (Å²) in [7, 11) is 1.30. The predicted molar refractivity (Wildman–Crippen MR) is 113 cm³/mol. The number of hydrogen-bond acceptors (Lipinski definition) is 6. The van der Waals surface area contributed by atoms with Crippen LogP contribution in [0, 0.1) is 0 Å². The smallest absolute Gasteiger partial charge is 0.407 e. The van der Waals surface area contributed by atoms with Crippen molar-refractivity contribution >= 4 is 18.3 Å². The average Bonchev–Trinajstić information content (AvgIpc) is 2.80. The lowest BCUT2D eigenvalue weighted by Crippen LogP contribution is -2.26. The molecule has 0 bridgehead atoms. The maximum absolute atomic E-state index is 11.8. The van der Waals surface area contributed by atoms with E-state index in [9.17, 15) is 14.4 Å². The Balaban J connectivity index is 1.55. The summed E-state index contributed by atoms with van der Waals surface area (Å²) >= 11 is 0. The molecule has 3 N–H and O–H groups in total. The first-order valence-corrected chi connectivity index (χ1v) is 9.81. The van der Waals surface area contributed by atoms with E-state index in [1.54, 1.807) is 0 Å². The van der Waals surface area contributed by atoms with Crippen LogP contribution in [-0.2, 0) is 33.8 Å². The highest BCUT2D eigenvalue weighted by molar-refractivity contribution is 5.68. The zero-order valence-corrected chi connectivity index (χ0v) is 17.4. The van der Waals surface area contributed by atoms with Gasteiger partial charge in [0, 0.05) is 26.1 Å². The highest BCUT2D eigenvalue weighted by atomic mass is 16.6. The monoisotopic (exact) mass is 429 g/mol. The summed E-state index contributed by atoms with van der Waals surface area (Å²) in [6.45, 7) is 1.26. The minimum atomic E-state index is -0.563. The molecule has 0 aliphatic carbocycles. The van der Waals surface area contributed by atoms with Gasteiger partial charge < -0.3 is 30.2 Å². The van der Waals surface area contributed by atoms with E-state index in [-0.39, 0.29) is 19.8 Å². The summed E-state index contributed by atoms with van der Waals surface area (Å²) in [6, 6.07) is 16.9. The molecule has 0 radical (unpaired) electrons. The molecule has 166 valence electrons. The van der Waals surface area contributed by atoms with Crippen LogP contribution in [0.15, 0.2) is 54.6 Å². The molecule has 9 nitrogen and oxygen atoms in total. The van der Waals surface area contributed by atoms with Crippen LogP contribution >= 0.6 is 0 Å². The van der Waals surface area contributed by atoms with Crippen molar-refractivity contribution < 1.29 is 28.6 Å². The van der Waals surface area contributed by atoms with Crippen LogP contribution in [0.5, 0.6) is 0 Å². The summed E-state index contributed by atoms with van der Waals surface area (Å²) in [4.78, 5) is 34.5. The highest BCUT2D eigenvalue weighted by Gasteiger charge is 2.05. The third-order valence-corrected chi connectivity index (χ3v) is 4.09. The van der Waals surface area contributed by atoms with E-state index in [0.29, 0.717) is 19.5 Å². The number of amides is 3. The summed E-state index contributed by atoms with van der Waals surface area (Å²) in [5.41, 5.74) is 2.71. The number of alkyl carbamates (subject to hydrolysis) is 3. The van der Waals surface area contributed by atoms with Crippen molar-refractivity contribution in [2.45, 2.75) is 26.1 Å². The van der Waals surface area contributed by atoms with Crippen LogP contribution in [0.2, 0.25) is 0 Å². The van der Waals surface area contributed by atoms with Crippen LogP contribution in [0.25, 0.3) is 0 Å². The number of nitrogens with one attached hydrogen (secondary N) is 3. The standard InChI is InChI=1S/C22H27N3O6/c1-29-20(26)23-15-18-9-5-10-19(13-18)16-25-22(28)31-12-6-11-30-21(27)24-14-17-7-3-2-4-8-17/h2-5,7-10,13H,6,11-12,14-16H2,1H3,(H,23,26)(H,24,27)(H,25,28). The number of rotatable bonds is 10. The molecule has 0 aliphatic rings. The van der Waals surface area contributed by atoms with Gasteiger partial charge in [0.2, 0.25) is 0 Å². The second kappa shape index (κ2) is 13.5. The minimum absolute atomic E-state index is 0.126. The van der Waals surface area contributed by atoms with Crippen molar-refractivity contribution in [3.8, 4) is 0 Å². The lowest BCUT2D eigenvalue weighted by molar-refractivity contribution is 0.118. The van der Waals surface area contributed by atoms with E-state index < -0.39 is 18.3 Å². The van der Waals surface area contributed by atoms with E-state index in [1.165, 1.54) is 7.11 Å². The first kappa shape index (κ1) is 23.5. The molecular weight excluding hydrogens is 402 g/mol. The Morgan fingerprint density at radius 1 is 0.677 bits per heavy atom. The fraction of sp³-hybridized carbons (Fsp3) is 0.318. The first-order chi connectivity index (χ1) is 15.1. The molecule has 0 saturated carbocycles. The van der Waals surface area contributed by atoms with Gasteiger partial charge in [-0.2, -0.15) is 0 Å². The molecular formula is C22H27N3O6. The summed E-state index contributed by atoms with van der Waals surface area (Å²) in [5, 5.41) is 7.89. The molecule has 3 amide bonds. The van der Waals surface area contributed by atoms with Crippen molar-refractivity contribution in [3.05, 3.63) is 71.3 Å². The molecule has 2 rings (SSSR count). The van der Waals surface area contributed by atoms with Gasteiger partial charge in [-0.1, -0.05) is 54.6 Å². The van der Waals surface area contributed by atoms with Crippen LogP contribution in [0.4, 0.5) is 14.4 Å². The predicted octanol–water partition coefficient (Wildman–Crippen LogP) is 3.09. The molecule has 0 fully saturated rings. The van der Waals surface area contributed by atoms with Crippen molar-refractivity contribution in [3.63, 3.8) is 0 Å². The fourth-order valence-electron chi connectivity index (χ4n) is 2.53. The molecule has 0 heterocycles. The minimum Gasteiger partial charge on any atom is -0.453 e. The van der Waals surface area contributed by atoms with Gasteiger partial charge in [0.1, 0.15) is 0 Å². The Morgan fingerprint density at radius 2 is 1.16 bits per heavy atom. The summed E-state index contributed by atoms with van der Waals surface area (Å²) < 4.78 is 14.6. The van der Waals surface area contributed by atoms with Crippen molar-refractivity contribution in [1.29, 1.82) is 0 Å². The third-order valence-electron chi connectivity index (χ3n) is 4.09. The first-order valence-electron chi connectivity index (χ1n) is 9.81. The molecule has 2 aromatic rings. The summed E-state index contributed by atoms with van der Waals surface area (Å²) in [5.74, 6) is 0. The van der Waals surface area contributed by atoms with E-state index in [4.69, 9.17) is 9.47 Å². The second-order valence-corrected chi connectivity index (χ2v) is 6.48. The highest BCUT2D eigenvalue weighted by Crippen LogP contribution is 2.05. The van der Waals surface area contributed by atoms with Gasteiger partial charge in [0.05, 0.1) is 20.3 Å². The molecule has 0 aromatic heterocycles. The molecule has 0 unspecified atom stereocenters. The van der Waals surface area contributed by atoms with Crippen molar-refractivity contribution in [2.24, 2.45) is 0 Å². The average molecular weight is 429 g/mol. The Morgan fingerprint density at radius 3 is 1.71 bits per heavy atom. The third kappa shape index (κ3) is 10.0. The van der Waals surface area contributed by atoms with Crippen LogP contribution in [0.1, 0.15) is 23.1 Å². The Bertz CT molecular complexity index is 844. The number of hydrogen-bond donors (Lipinski definition) is 3. The lowest BCUT2D eigenvalue weighted by atomic mass is 10.1. The van der Waals surface area contributed by atoms with Gasteiger partial charge in [-0.05, 0) is 16.7 Å². The van der Waals surface area contributed by atoms with E-state index in [0.717, 1.165) is 16.7 Å². The van der Waals surface area contributed by atoms with Gasteiger partial charge >= 0.3 is 18.3 Å². The molecule has 31 heavy (non-hydrogen) atoms. The number of benzene rings is 2. The van der Waals surface area contributed by atoms with Gasteiger partial charge in [0.25, 0.3) is 0 Å². The number of methoxy groups -OCH3 is 1. The topological polar surface area (TPSA) is 115 Å². The van der Waals surface area contributed by atoms with Gasteiger partial charge in [-0.25, -0.2) is 14.4 Å². The molecule has 9 heteroatoms. The molecule has 0 spiro atoms. The van der Waals surface area contributed by atoms with Crippen LogP contribution < -0.4 is 16.0 Å². The zero-order valence-electron chi connectivity index (χ0n) is 17.4. The van der Waals surface area contributed by atoms with E-state index in [2.05, 4.69) is 20.7 Å². The molecule has 0 aliphatic heterocycles. The Kier molecular flexibility index (Phi) is 10.2. The van der Waals surface area contributed by atoms with Gasteiger partial charge in [0.15, 0.2) is 0 Å². The van der Waals surface area contributed by atoms with Gasteiger partial charge in [-0.15, -0.1) is 0 Å².